The maximum atomic E-state index is 11.3. The Hall–Kier alpha value is -1.03. The Balaban J connectivity index is 2.59. The predicted octanol–water partition coefficient (Wildman–Crippen LogP) is -0.214. The lowest BCUT2D eigenvalue weighted by atomic mass is 10.2. The zero-order chi connectivity index (χ0) is 7.84. The van der Waals surface area contributed by atoms with Gasteiger partial charge in [0.1, 0.15) is 0 Å². The lowest BCUT2D eigenvalue weighted by molar-refractivity contribution is 0.109. The maximum Gasteiger partial charge on any atom is 0.272 e. The number of hydrogen-bond acceptors (Lipinski definition) is 2. The van der Waals surface area contributed by atoms with Gasteiger partial charge in [0.25, 0.3) is 5.56 Å². The highest BCUT2D eigenvalue weighted by atomic mass is 16.5. The van der Waals surface area contributed by atoms with Crippen molar-refractivity contribution in [3.8, 4) is 0 Å². The Labute approximate surface area is 63.8 Å². The summed E-state index contributed by atoms with van der Waals surface area (Å²) in [6.07, 6.45) is 0.825. The fourth-order valence-electron chi connectivity index (χ4n) is 1.36. The molecule has 2 rings (SSSR count). The van der Waals surface area contributed by atoms with Crippen LogP contribution in [-0.2, 0) is 24.8 Å². The number of hydrogen-bond donors (Lipinski definition) is 1. The van der Waals surface area contributed by atoms with Crippen molar-refractivity contribution >= 4 is 0 Å². The Morgan fingerprint density at radius 1 is 1.64 bits per heavy atom. The van der Waals surface area contributed by atoms with Gasteiger partial charge in [0.15, 0.2) is 0 Å². The van der Waals surface area contributed by atoms with Crippen molar-refractivity contribution in [3.05, 3.63) is 21.6 Å². The summed E-state index contributed by atoms with van der Waals surface area (Å²) in [6.45, 7) is 1.18. The number of rotatable bonds is 0. The van der Waals surface area contributed by atoms with Gasteiger partial charge in [-0.15, -0.1) is 0 Å². The molecule has 1 aromatic rings. The van der Waals surface area contributed by atoms with E-state index in [1.807, 2.05) is 0 Å². The summed E-state index contributed by atoms with van der Waals surface area (Å²) in [6, 6.07) is 0. The molecule has 0 unspecified atom stereocenters. The molecule has 0 radical (unpaired) electrons. The molecule has 0 aromatic carbocycles. The molecule has 1 aromatic heterocycles. The molecule has 0 saturated heterocycles. The smallest absolute Gasteiger partial charge is 0.272 e. The van der Waals surface area contributed by atoms with Gasteiger partial charge in [-0.2, -0.15) is 0 Å². The predicted molar refractivity (Wildman–Crippen MR) is 39.4 cm³/mol. The van der Waals surface area contributed by atoms with E-state index in [1.54, 1.807) is 7.05 Å². The van der Waals surface area contributed by atoms with Crippen molar-refractivity contribution in [2.75, 3.05) is 6.61 Å². The molecule has 0 bridgehead atoms. The molecule has 4 nitrogen and oxygen atoms in total. The molecule has 1 aliphatic rings. The number of fused-ring (bicyclic) bond motifs is 1. The summed E-state index contributed by atoms with van der Waals surface area (Å²) in [4.78, 5) is 11.3. The normalized spacial score (nSPS) is 16.5. The van der Waals surface area contributed by atoms with Crippen LogP contribution < -0.4 is 5.56 Å². The standard InChI is InChI=1S/C7H10N2O2/c1-9-7(10)5-4-11-3-2-6(5)8-9/h8H,2-4H2,1H3. The molecule has 1 aliphatic heterocycles. The highest BCUT2D eigenvalue weighted by Crippen LogP contribution is 2.09. The molecule has 0 saturated carbocycles. The summed E-state index contributed by atoms with van der Waals surface area (Å²) >= 11 is 0. The average molecular weight is 154 g/mol. The second-order valence-electron chi connectivity index (χ2n) is 2.74. The van der Waals surface area contributed by atoms with Crippen LogP contribution in [-0.4, -0.2) is 16.4 Å². The summed E-state index contributed by atoms with van der Waals surface area (Å²) in [5.41, 5.74) is 1.86. The fourth-order valence-corrected chi connectivity index (χ4v) is 1.36. The van der Waals surface area contributed by atoms with Crippen molar-refractivity contribution in [3.63, 3.8) is 0 Å². The van der Waals surface area contributed by atoms with E-state index in [2.05, 4.69) is 5.10 Å². The number of aromatic nitrogens is 2. The van der Waals surface area contributed by atoms with E-state index in [1.165, 1.54) is 4.68 Å². The maximum absolute atomic E-state index is 11.3. The number of H-pyrrole nitrogens is 1. The first-order valence-electron chi connectivity index (χ1n) is 3.63. The van der Waals surface area contributed by atoms with E-state index < -0.39 is 0 Å². The number of ether oxygens (including phenoxy) is 1. The lowest BCUT2D eigenvalue weighted by Gasteiger charge is -2.08. The number of nitrogens with zero attached hydrogens (tertiary/aromatic N) is 1. The second kappa shape index (κ2) is 2.23. The molecule has 11 heavy (non-hydrogen) atoms. The summed E-state index contributed by atoms with van der Waals surface area (Å²) in [5.74, 6) is 0. The molecule has 2 heterocycles. The zero-order valence-corrected chi connectivity index (χ0v) is 6.39. The Bertz CT molecular complexity index is 324. The molecule has 1 N–H and O–H groups in total. The molecule has 60 valence electrons. The minimum atomic E-state index is 0.0414. The van der Waals surface area contributed by atoms with Crippen molar-refractivity contribution in [2.45, 2.75) is 13.0 Å². The molecule has 0 spiro atoms. The van der Waals surface area contributed by atoms with Crippen LogP contribution in [0, 0.1) is 0 Å². The minimum absolute atomic E-state index is 0.0414. The van der Waals surface area contributed by atoms with Crippen LogP contribution in [0.25, 0.3) is 0 Å². The summed E-state index contributed by atoms with van der Waals surface area (Å²) < 4.78 is 6.66. The van der Waals surface area contributed by atoms with E-state index in [4.69, 9.17) is 4.74 Å². The van der Waals surface area contributed by atoms with Crippen molar-refractivity contribution in [1.82, 2.24) is 9.78 Å². The van der Waals surface area contributed by atoms with Gasteiger partial charge in [-0.05, 0) is 0 Å². The fraction of sp³-hybridized carbons (Fsp3) is 0.571. The second-order valence-corrected chi connectivity index (χ2v) is 2.74. The van der Waals surface area contributed by atoms with Crippen LogP contribution in [0.2, 0.25) is 0 Å². The van der Waals surface area contributed by atoms with Gasteiger partial charge in [0, 0.05) is 19.2 Å². The molecular weight excluding hydrogens is 144 g/mol. The van der Waals surface area contributed by atoms with E-state index in [0.29, 0.717) is 13.2 Å². The average Bonchev–Trinajstić information content (AvgIpc) is 2.30. The summed E-state index contributed by atoms with van der Waals surface area (Å²) in [5, 5.41) is 2.99. The Kier molecular flexibility index (Phi) is 1.35. The SMILES string of the molecule is Cn1[nH]c2c(c1=O)COCC2. The van der Waals surface area contributed by atoms with Crippen LogP contribution in [0.15, 0.2) is 4.79 Å². The first-order chi connectivity index (χ1) is 5.29. The van der Waals surface area contributed by atoms with Gasteiger partial charge in [-0.25, -0.2) is 0 Å². The van der Waals surface area contributed by atoms with Crippen LogP contribution in [0.3, 0.4) is 0 Å². The third-order valence-corrected chi connectivity index (χ3v) is 1.97. The van der Waals surface area contributed by atoms with Crippen LogP contribution in [0.1, 0.15) is 11.3 Å². The van der Waals surface area contributed by atoms with Crippen LogP contribution >= 0.6 is 0 Å². The van der Waals surface area contributed by atoms with Crippen molar-refractivity contribution < 1.29 is 4.74 Å². The van der Waals surface area contributed by atoms with E-state index in [0.717, 1.165) is 17.7 Å². The molecule has 4 heteroatoms. The highest BCUT2D eigenvalue weighted by molar-refractivity contribution is 5.18. The number of aromatic amines is 1. The summed E-state index contributed by atoms with van der Waals surface area (Å²) in [7, 11) is 1.72. The van der Waals surface area contributed by atoms with E-state index >= 15 is 0 Å². The Morgan fingerprint density at radius 2 is 2.45 bits per heavy atom. The van der Waals surface area contributed by atoms with Gasteiger partial charge in [-0.1, -0.05) is 0 Å². The Morgan fingerprint density at radius 3 is 3.18 bits per heavy atom. The number of nitrogens with one attached hydrogen (secondary N) is 1. The van der Waals surface area contributed by atoms with Gasteiger partial charge in [0.05, 0.1) is 18.8 Å². The lowest BCUT2D eigenvalue weighted by Crippen LogP contribution is -2.18. The van der Waals surface area contributed by atoms with Crippen molar-refractivity contribution in [2.24, 2.45) is 7.05 Å². The zero-order valence-electron chi connectivity index (χ0n) is 6.39. The quantitative estimate of drug-likeness (QED) is 0.562. The first-order valence-corrected chi connectivity index (χ1v) is 3.63. The van der Waals surface area contributed by atoms with Gasteiger partial charge in [0.2, 0.25) is 0 Å². The molecule has 0 atom stereocenters. The van der Waals surface area contributed by atoms with Gasteiger partial charge in [-0.3, -0.25) is 14.6 Å². The van der Waals surface area contributed by atoms with Gasteiger partial charge >= 0.3 is 0 Å². The molecule has 0 fully saturated rings. The third kappa shape index (κ3) is 0.903. The van der Waals surface area contributed by atoms with E-state index in [-0.39, 0.29) is 5.56 Å². The number of aryl methyl sites for hydroxylation is 1. The first kappa shape index (κ1) is 6.67. The molecular formula is C7H10N2O2. The third-order valence-electron chi connectivity index (χ3n) is 1.97. The highest BCUT2D eigenvalue weighted by Gasteiger charge is 2.15. The monoisotopic (exact) mass is 154 g/mol. The largest absolute Gasteiger partial charge is 0.376 e. The topological polar surface area (TPSA) is 47.0 Å². The minimum Gasteiger partial charge on any atom is -0.376 e. The molecule has 0 aliphatic carbocycles. The van der Waals surface area contributed by atoms with Crippen LogP contribution in [0.4, 0.5) is 0 Å². The van der Waals surface area contributed by atoms with Crippen molar-refractivity contribution in [1.29, 1.82) is 0 Å². The van der Waals surface area contributed by atoms with Gasteiger partial charge < -0.3 is 4.74 Å². The molecule has 0 amide bonds. The van der Waals surface area contributed by atoms with Crippen LogP contribution in [0.5, 0.6) is 0 Å². The van der Waals surface area contributed by atoms with E-state index in [9.17, 15) is 4.79 Å².